The molecule has 8 nitrogen and oxygen atoms in total. The van der Waals surface area contributed by atoms with Gasteiger partial charge in [-0.2, -0.15) is 5.10 Å². The van der Waals surface area contributed by atoms with E-state index in [2.05, 4.69) is 15.8 Å². The van der Waals surface area contributed by atoms with Crippen LogP contribution in [0, 0.1) is 0 Å². The molecule has 0 bridgehead atoms. The molecule has 162 valence electrons. The Morgan fingerprint density at radius 1 is 0.938 bits per heavy atom. The summed E-state index contributed by atoms with van der Waals surface area (Å²) in [5, 5.41) is 6.72. The largest absolute Gasteiger partial charge is 0.495 e. The van der Waals surface area contributed by atoms with E-state index in [1.165, 1.54) is 13.3 Å². The molecule has 0 fully saturated rings. The Morgan fingerprint density at radius 2 is 1.69 bits per heavy atom. The van der Waals surface area contributed by atoms with Crippen LogP contribution in [0.3, 0.4) is 0 Å². The van der Waals surface area contributed by atoms with Gasteiger partial charge in [-0.15, -0.1) is 0 Å². The van der Waals surface area contributed by atoms with Crippen LogP contribution in [-0.4, -0.2) is 31.1 Å². The van der Waals surface area contributed by atoms with E-state index in [0.717, 1.165) is 0 Å². The molecule has 0 atom stereocenters. The minimum Gasteiger partial charge on any atom is -0.495 e. The molecule has 0 aromatic heterocycles. The van der Waals surface area contributed by atoms with Crippen molar-refractivity contribution >= 4 is 41.3 Å². The molecule has 0 saturated heterocycles. The van der Waals surface area contributed by atoms with Gasteiger partial charge < -0.3 is 14.8 Å². The van der Waals surface area contributed by atoms with Gasteiger partial charge in [-0.1, -0.05) is 35.9 Å². The maximum Gasteiger partial charge on any atom is 0.343 e. The van der Waals surface area contributed by atoms with E-state index in [0.29, 0.717) is 27.6 Å². The number of rotatable bonds is 6. The molecule has 0 radical (unpaired) electrons. The third kappa shape index (κ3) is 6.16. The average Bonchev–Trinajstić information content (AvgIpc) is 2.80. The predicted molar refractivity (Wildman–Crippen MR) is 120 cm³/mol. The number of para-hydroxylation sites is 2. The fourth-order valence-corrected chi connectivity index (χ4v) is 2.68. The van der Waals surface area contributed by atoms with Crippen molar-refractivity contribution in [3.8, 4) is 11.5 Å². The van der Waals surface area contributed by atoms with Crippen molar-refractivity contribution in [3.05, 3.63) is 88.9 Å². The number of amides is 2. The number of carbonyl (C=O) groups excluding carboxylic acids is 3. The summed E-state index contributed by atoms with van der Waals surface area (Å²) < 4.78 is 10.4. The Balaban J connectivity index is 1.57. The molecule has 3 rings (SSSR count). The lowest BCUT2D eigenvalue weighted by molar-refractivity contribution is -0.136. The lowest BCUT2D eigenvalue weighted by Gasteiger charge is -2.08. The molecule has 0 unspecified atom stereocenters. The number of halogens is 1. The van der Waals surface area contributed by atoms with Gasteiger partial charge in [0, 0.05) is 5.02 Å². The molecular formula is C23H18ClN3O5. The van der Waals surface area contributed by atoms with Crippen molar-refractivity contribution < 1.29 is 23.9 Å². The van der Waals surface area contributed by atoms with Crippen molar-refractivity contribution in [1.82, 2.24) is 5.43 Å². The monoisotopic (exact) mass is 451 g/mol. The van der Waals surface area contributed by atoms with E-state index in [-0.39, 0.29) is 5.75 Å². The lowest BCUT2D eigenvalue weighted by atomic mass is 10.2. The average molecular weight is 452 g/mol. The van der Waals surface area contributed by atoms with E-state index < -0.39 is 17.8 Å². The first kappa shape index (κ1) is 22.5. The Morgan fingerprint density at radius 3 is 2.44 bits per heavy atom. The molecule has 9 heteroatoms. The Bertz CT molecular complexity index is 1160. The topological polar surface area (TPSA) is 106 Å². The van der Waals surface area contributed by atoms with Crippen molar-refractivity contribution in [3.63, 3.8) is 0 Å². The van der Waals surface area contributed by atoms with Crippen molar-refractivity contribution in [2.24, 2.45) is 5.10 Å². The van der Waals surface area contributed by atoms with Crippen molar-refractivity contribution in [1.29, 1.82) is 0 Å². The third-order valence-corrected chi connectivity index (χ3v) is 4.34. The van der Waals surface area contributed by atoms with E-state index in [1.54, 1.807) is 72.8 Å². The maximum atomic E-state index is 12.2. The summed E-state index contributed by atoms with van der Waals surface area (Å²) in [5.74, 6) is -1.71. The Kier molecular flexibility index (Phi) is 7.55. The number of ether oxygens (including phenoxy) is 2. The molecule has 3 aromatic rings. The van der Waals surface area contributed by atoms with Gasteiger partial charge in [0.05, 0.1) is 24.6 Å². The quantitative estimate of drug-likeness (QED) is 0.195. The molecule has 2 N–H and O–H groups in total. The molecule has 0 spiro atoms. The second-order valence-electron chi connectivity index (χ2n) is 6.32. The van der Waals surface area contributed by atoms with Crippen LogP contribution < -0.4 is 20.2 Å². The highest BCUT2D eigenvalue weighted by Crippen LogP contribution is 2.22. The third-order valence-electron chi connectivity index (χ3n) is 4.09. The van der Waals surface area contributed by atoms with Gasteiger partial charge in [-0.3, -0.25) is 9.59 Å². The van der Waals surface area contributed by atoms with Crippen molar-refractivity contribution in [2.75, 3.05) is 12.4 Å². The number of hydrazone groups is 1. The van der Waals surface area contributed by atoms with E-state index in [1.807, 2.05) is 0 Å². The minimum absolute atomic E-state index is 0.286. The van der Waals surface area contributed by atoms with Gasteiger partial charge in [0.2, 0.25) is 0 Å². The fraction of sp³-hybridized carbons (Fsp3) is 0.0435. The first-order valence-corrected chi connectivity index (χ1v) is 9.69. The number of benzene rings is 3. The molecular weight excluding hydrogens is 434 g/mol. The van der Waals surface area contributed by atoms with E-state index in [9.17, 15) is 14.4 Å². The van der Waals surface area contributed by atoms with E-state index >= 15 is 0 Å². The van der Waals surface area contributed by atoms with Crippen LogP contribution in [0.4, 0.5) is 5.69 Å². The van der Waals surface area contributed by atoms with Crippen LogP contribution in [0.1, 0.15) is 15.9 Å². The van der Waals surface area contributed by atoms with Crippen LogP contribution >= 0.6 is 11.6 Å². The first-order valence-electron chi connectivity index (χ1n) is 9.31. The summed E-state index contributed by atoms with van der Waals surface area (Å²) in [7, 11) is 1.45. The molecule has 0 aliphatic rings. The standard InChI is InChI=1S/C23H18ClN3O5/c1-31-20-8-3-2-7-19(20)26-21(28)22(29)27-25-14-15-5-4-6-18(13-15)32-23(30)16-9-11-17(24)12-10-16/h2-14H,1H3,(H,26,28)(H,27,29). The number of methoxy groups -OCH3 is 1. The highest BCUT2D eigenvalue weighted by Gasteiger charge is 2.15. The summed E-state index contributed by atoms with van der Waals surface area (Å²) >= 11 is 5.81. The van der Waals surface area contributed by atoms with Gasteiger partial charge in [0.25, 0.3) is 0 Å². The van der Waals surface area contributed by atoms with Gasteiger partial charge in [0.15, 0.2) is 0 Å². The number of hydrogen-bond donors (Lipinski definition) is 2. The van der Waals surface area contributed by atoms with Crippen molar-refractivity contribution in [2.45, 2.75) is 0 Å². The maximum absolute atomic E-state index is 12.2. The van der Waals surface area contributed by atoms with Crippen LogP contribution in [0.25, 0.3) is 0 Å². The smallest absolute Gasteiger partial charge is 0.343 e. The number of nitrogens with zero attached hydrogens (tertiary/aromatic N) is 1. The zero-order chi connectivity index (χ0) is 22.9. The van der Waals surface area contributed by atoms with E-state index in [4.69, 9.17) is 21.1 Å². The SMILES string of the molecule is COc1ccccc1NC(=O)C(=O)NN=Cc1cccc(OC(=O)c2ccc(Cl)cc2)c1. The molecule has 2 amide bonds. The number of nitrogens with one attached hydrogen (secondary N) is 2. The first-order chi connectivity index (χ1) is 15.5. The highest BCUT2D eigenvalue weighted by molar-refractivity contribution is 6.39. The van der Waals surface area contributed by atoms with Crippen LogP contribution in [0.15, 0.2) is 77.9 Å². The zero-order valence-corrected chi connectivity index (χ0v) is 17.6. The van der Waals surface area contributed by atoms with Crippen LogP contribution in [-0.2, 0) is 9.59 Å². The summed E-state index contributed by atoms with van der Waals surface area (Å²) in [6.45, 7) is 0. The molecule has 0 saturated carbocycles. The van der Waals surface area contributed by atoms with Gasteiger partial charge in [-0.05, 0) is 54.1 Å². The zero-order valence-electron chi connectivity index (χ0n) is 16.9. The summed E-state index contributed by atoms with van der Waals surface area (Å²) in [6.07, 6.45) is 1.31. The number of carbonyl (C=O) groups is 3. The summed E-state index contributed by atoms with van der Waals surface area (Å²) in [5.41, 5.74) is 3.38. The molecule has 32 heavy (non-hydrogen) atoms. The Labute approximate surface area is 188 Å². The lowest BCUT2D eigenvalue weighted by Crippen LogP contribution is -2.32. The number of anilines is 1. The molecule has 3 aromatic carbocycles. The second-order valence-corrected chi connectivity index (χ2v) is 6.76. The molecule has 0 heterocycles. The number of hydrogen-bond acceptors (Lipinski definition) is 6. The summed E-state index contributed by atoms with van der Waals surface area (Å²) in [4.78, 5) is 36.2. The van der Waals surface area contributed by atoms with Gasteiger partial charge in [-0.25, -0.2) is 10.2 Å². The molecule has 0 aliphatic heterocycles. The minimum atomic E-state index is -0.961. The number of esters is 1. The Hall–Kier alpha value is -4.17. The van der Waals surface area contributed by atoms with Crippen LogP contribution in [0.5, 0.6) is 11.5 Å². The second kappa shape index (κ2) is 10.7. The van der Waals surface area contributed by atoms with Gasteiger partial charge in [0.1, 0.15) is 11.5 Å². The fourth-order valence-electron chi connectivity index (χ4n) is 2.55. The highest BCUT2D eigenvalue weighted by atomic mass is 35.5. The normalized spacial score (nSPS) is 10.4. The van der Waals surface area contributed by atoms with Gasteiger partial charge >= 0.3 is 17.8 Å². The molecule has 0 aliphatic carbocycles. The summed E-state index contributed by atoms with van der Waals surface area (Å²) in [6, 6.07) is 19.5. The predicted octanol–water partition coefficient (Wildman–Crippen LogP) is 3.66. The van der Waals surface area contributed by atoms with Crippen LogP contribution in [0.2, 0.25) is 5.02 Å².